The van der Waals surface area contributed by atoms with E-state index in [0.29, 0.717) is 19.6 Å². The Morgan fingerprint density at radius 3 is 2.61 bits per heavy atom. The van der Waals surface area contributed by atoms with Crippen molar-refractivity contribution in [3.8, 4) is 16.9 Å². The smallest absolute Gasteiger partial charge is 0.164 e. The summed E-state index contributed by atoms with van der Waals surface area (Å²) in [5, 5.41) is 10.3. The van der Waals surface area contributed by atoms with Gasteiger partial charge in [0.25, 0.3) is 0 Å². The van der Waals surface area contributed by atoms with Gasteiger partial charge in [-0.3, -0.25) is 0 Å². The quantitative estimate of drug-likeness (QED) is 0.875. The SMILES string of the molecule is C=C1CN(F)CCN1Cc1cccc(-c2ccc(F)c(O)c2)c1. The van der Waals surface area contributed by atoms with Crippen molar-refractivity contribution < 1.29 is 14.0 Å². The van der Waals surface area contributed by atoms with Crippen LogP contribution in [0.2, 0.25) is 0 Å². The normalized spacial score (nSPS) is 15.9. The molecule has 0 atom stereocenters. The third-order valence-corrected chi connectivity index (χ3v) is 3.99. The van der Waals surface area contributed by atoms with E-state index in [9.17, 15) is 14.0 Å². The molecule has 120 valence electrons. The Balaban J connectivity index is 1.80. The van der Waals surface area contributed by atoms with E-state index in [4.69, 9.17) is 0 Å². The van der Waals surface area contributed by atoms with Crippen LogP contribution in [0, 0.1) is 5.82 Å². The van der Waals surface area contributed by atoms with Gasteiger partial charge in [-0.05, 0) is 34.9 Å². The van der Waals surface area contributed by atoms with Gasteiger partial charge in [0.2, 0.25) is 0 Å². The summed E-state index contributed by atoms with van der Waals surface area (Å²) in [6, 6.07) is 12.1. The molecule has 1 heterocycles. The van der Waals surface area contributed by atoms with Crippen molar-refractivity contribution >= 4 is 0 Å². The highest BCUT2D eigenvalue weighted by Gasteiger charge is 2.19. The van der Waals surface area contributed by atoms with Crippen molar-refractivity contribution in [1.29, 1.82) is 0 Å². The number of piperazine rings is 1. The molecule has 0 aliphatic carbocycles. The van der Waals surface area contributed by atoms with Crippen LogP contribution in [0.25, 0.3) is 11.1 Å². The molecule has 0 aromatic heterocycles. The molecule has 3 nitrogen and oxygen atoms in total. The van der Waals surface area contributed by atoms with Crippen LogP contribution in [-0.4, -0.2) is 34.8 Å². The molecule has 0 bridgehead atoms. The minimum Gasteiger partial charge on any atom is -0.505 e. The second-order valence-corrected chi connectivity index (χ2v) is 5.70. The Bertz CT molecular complexity index is 733. The highest BCUT2D eigenvalue weighted by molar-refractivity contribution is 5.65. The molecule has 2 aromatic carbocycles. The predicted molar refractivity (Wildman–Crippen MR) is 85.7 cm³/mol. The lowest BCUT2D eigenvalue weighted by Gasteiger charge is -2.33. The van der Waals surface area contributed by atoms with Gasteiger partial charge in [0.15, 0.2) is 11.6 Å². The summed E-state index contributed by atoms with van der Waals surface area (Å²) in [6.45, 7) is 5.75. The molecule has 23 heavy (non-hydrogen) atoms. The Morgan fingerprint density at radius 1 is 1.09 bits per heavy atom. The number of aromatic hydroxyl groups is 1. The predicted octanol–water partition coefficient (Wildman–Crippen LogP) is 3.71. The Hall–Kier alpha value is -2.40. The molecule has 1 aliphatic heterocycles. The zero-order chi connectivity index (χ0) is 16.4. The van der Waals surface area contributed by atoms with Crippen molar-refractivity contribution in [3.05, 3.63) is 66.1 Å². The van der Waals surface area contributed by atoms with Crippen molar-refractivity contribution in [2.24, 2.45) is 0 Å². The number of phenolic OH excluding ortho intramolecular Hbond substituents is 1. The van der Waals surface area contributed by atoms with E-state index in [0.717, 1.165) is 27.5 Å². The summed E-state index contributed by atoms with van der Waals surface area (Å²) in [5.74, 6) is -0.995. The van der Waals surface area contributed by atoms with Crippen molar-refractivity contribution in [2.45, 2.75) is 6.54 Å². The summed E-state index contributed by atoms with van der Waals surface area (Å²) < 4.78 is 26.4. The van der Waals surface area contributed by atoms with Gasteiger partial charge in [-0.1, -0.05) is 30.8 Å². The molecule has 1 N–H and O–H groups in total. The van der Waals surface area contributed by atoms with Gasteiger partial charge in [0.05, 0.1) is 6.54 Å². The average Bonchev–Trinajstić information content (AvgIpc) is 2.53. The molecule has 0 spiro atoms. The molecule has 0 saturated carbocycles. The van der Waals surface area contributed by atoms with Crippen LogP contribution in [-0.2, 0) is 6.54 Å². The molecule has 2 aromatic rings. The van der Waals surface area contributed by atoms with Crippen LogP contribution in [0.1, 0.15) is 5.56 Å². The third kappa shape index (κ3) is 3.51. The van der Waals surface area contributed by atoms with E-state index in [1.165, 1.54) is 12.1 Å². The van der Waals surface area contributed by atoms with E-state index < -0.39 is 5.82 Å². The highest BCUT2D eigenvalue weighted by atomic mass is 19.2. The molecule has 5 heteroatoms. The van der Waals surface area contributed by atoms with Crippen LogP contribution < -0.4 is 0 Å². The zero-order valence-electron chi connectivity index (χ0n) is 12.7. The second kappa shape index (κ2) is 6.38. The molecule has 1 fully saturated rings. The van der Waals surface area contributed by atoms with Crippen LogP contribution >= 0.6 is 0 Å². The summed E-state index contributed by atoms with van der Waals surface area (Å²) in [4.78, 5) is 2.05. The van der Waals surface area contributed by atoms with Gasteiger partial charge in [-0.25, -0.2) is 4.39 Å². The van der Waals surface area contributed by atoms with Crippen LogP contribution in [0.15, 0.2) is 54.7 Å². The monoisotopic (exact) mass is 316 g/mol. The molecule has 3 rings (SSSR count). The minimum absolute atomic E-state index is 0.228. The Morgan fingerprint density at radius 2 is 1.87 bits per heavy atom. The average molecular weight is 316 g/mol. The summed E-state index contributed by atoms with van der Waals surface area (Å²) >= 11 is 0. The Kier molecular flexibility index (Phi) is 4.30. The van der Waals surface area contributed by atoms with Crippen molar-refractivity contribution in [3.63, 3.8) is 0 Å². The fourth-order valence-corrected chi connectivity index (χ4v) is 2.72. The van der Waals surface area contributed by atoms with Gasteiger partial charge in [0, 0.05) is 25.3 Å². The number of benzene rings is 2. The number of halogens is 2. The standard InChI is InChI=1S/C18H18F2N2O/c1-13-11-22(20)8-7-21(13)12-14-3-2-4-15(9-14)16-5-6-17(19)18(23)10-16/h2-6,9-10,23H,1,7-8,11-12H2. The lowest BCUT2D eigenvalue weighted by Crippen LogP contribution is -2.40. The maximum Gasteiger partial charge on any atom is 0.164 e. The van der Waals surface area contributed by atoms with Crippen LogP contribution in [0.3, 0.4) is 0 Å². The molecule has 0 amide bonds. The maximum absolute atomic E-state index is 13.2. The van der Waals surface area contributed by atoms with Crippen molar-refractivity contribution in [2.75, 3.05) is 19.6 Å². The van der Waals surface area contributed by atoms with E-state index in [-0.39, 0.29) is 12.3 Å². The third-order valence-electron chi connectivity index (χ3n) is 3.99. The fraction of sp³-hybridized carbons (Fsp3) is 0.222. The van der Waals surface area contributed by atoms with Gasteiger partial charge in [0.1, 0.15) is 0 Å². The van der Waals surface area contributed by atoms with E-state index in [1.807, 2.05) is 24.3 Å². The van der Waals surface area contributed by atoms with Gasteiger partial charge in [-0.15, -0.1) is 9.60 Å². The van der Waals surface area contributed by atoms with Gasteiger partial charge < -0.3 is 10.0 Å². The first kappa shape index (κ1) is 15.5. The summed E-state index contributed by atoms with van der Waals surface area (Å²) in [5.41, 5.74) is 3.45. The first-order valence-electron chi connectivity index (χ1n) is 7.44. The molecule has 0 unspecified atom stereocenters. The summed E-state index contributed by atoms with van der Waals surface area (Å²) in [7, 11) is 0. The lowest BCUT2D eigenvalue weighted by molar-refractivity contribution is -0.00199. The number of rotatable bonds is 3. The van der Waals surface area contributed by atoms with Crippen LogP contribution in [0.4, 0.5) is 8.87 Å². The number of phenols is 1. The van der Waals surface area contributed by atoms with E-state index in [1.54, 1.807) is 6.07 Å². The molecular formula is C18H18F2N2O. The largest absolute Gasteiger partial charge is 0.505 e. The van der Waals surface area contributed by atoms with Gasteiger partial charge in [-0.2, -0.15) is 0 Å². The summed E-state index contributed by atoms with van der Waals surface area (Å²) in [6.07, 6.45) is 0. The number of nitrogens with zero attached hydrogens (tertiary/aromatic N) is 2. The van der Waals surface area contributed by atoms with Crippen molar-refractivity contribution in [1.82, 2.24) is 10.0 Å². The molecule has 1 aliphatic rings. The molecule has 0 radical (unpaired) electrons. The minimum atomic E-state index is -0.634. The zero-order valence-corrected chi connectivity index (χ0v) is 12.7. The van der Waals surface area contributed by atoms with E-state index >= 15 is 0 Å². The fourth-order valence-electron chi connectivity index (χ4n) is 2.72. The second-order valence-electron chi connectivity index (χ2n) is 5.70. The molecule has 1 saturated heterocycles. The first-order chi connectivity index (χ1) is 11.0. The van der Waals surface area contributed by atoms with Crippen LogP contribution in [0.5, 0.6) is 5.75 Å². The number of hydrogen-bond donors (Lipinski definition) is 1. The first-order valence-corrected chi connectivity index (χ1v) is 7.44. The van der Waals surface area contributed by atoms with E-state index in [2.05, 4.69) is 11.5 Å². The highest BCUT2D eigenvalue weighted by Crippen LogP contribution is 2.27. The maximum atomic E-state index is 13.2. The lowest BCUT2D eigenvalue weighted by atomic mass is 10.0. The topological polar surface area (TPSA) is 26.7 Å². The van der Waals surface area contributed by atoms with Gasteiger partial charge >= 0.3 is 0 Å². The number of hydrogen-bond acceptors (Lipinski definition) is 3. The Labute approximate surface area is 134 Å². The molecular weight excluding hydrogens is 298 g/mol.